The topological polar surface area (TPSA) is 52.6 Å². The van der Waals surface area contributed by atoms with E-state index in [0.717, 1.165) is 77.0 Å². The summed E-state index contributed by atoms with van der Waals surface area (Å²) < 4.78 is 11.1. The molecule has 0 aromatic carbocycles. The lowest BCUT2D eigenvalue weighted by Gasteiger charge is -2.22. The van der Waals surface area contributed by atoms with Crippen LogP contribution in [0.25, 0.3) is 0 Å². The molecule has 0 aliphatic heterocycles. The molecule has 0 saturated heterocycles. The van der Waals surface area contributed by atoms with Gasteiger partial charge in [-0.05, 0) is 50.4 Å². The number of esters is 2. The van der Waals surface area contributed by atoms with Gasteiger partial charge in [-0.2, -0.15) is 0 Å². The van der Waals surface area contributed by atoms with E-state index < -0.39 is 0 Å². The Balaban J connectivity index is 2.29. The zero-order chi connectivity index (χ0) is 18.8. The second kappa shape index (κ2) is 11.4. The molecule has 148 valence electrons. The highest BCUT2D eigenvalue weighted by Crippen LogP contribution is 2.40. The Bertz CT molecular complexity index is 438. The number of ether oxygens (including phenoxy) is 2. The van der Waals surface area contributed by atoms with Gasteiger partial charge in [0.25, 0.3) is 0 Å². The molecule has 0 heterocycles. The van der Waals surface area contributed by atoms with Crippen molar-refractivity contribution in [2.45, 2.75) is 90.9 Å². The fraction of sp³-hybridized carbons (Fsp3) is 0.818. The molecule has 2 fully saturated rings. The Hall–Kier alpha value is -1.32. The highest BCUT2D eigenvalue weighted by atomic mass is 16.5. The minimum absolute atomic E-state index is 0.165. The van der Waals surface area contributed by atoms with Crippen LogP contribution in [0.15, 0.2) is 11.1 Å². The van der Waals surface area contributed by atoms with Gasteiger partial charge in [0.1, 0.15) is 0 Å². The van der Waals surface area contributed by atoms with Crippen LogP contribution in [0.4, 0.5) is 0 Å². The van der Waals surface area contributed by atoms with Crippen LogP contribution in [0.2, 0.25) is 0 Å². The van der Waals surface area contributed by atoms with Gasteiger partial charge < -0.3 is 9.47 Å². The van der Waals surface area contributed by atoms with Crippen LogP contribution in [-0.2, 0) is 19.1 Å². The van der Waals surface area contributed by atoms with E-state index in [1.54, 1.807) is 0 Å². The molecule has 4 nitrogen and oxygen atoms in total. The molecule has 0 atom stereocenters. The molecule has 0 unspecified atom stereocenters. The van der Waals surface area contributed by atoms with Gasteiger partial charge in [-0.15, -0.1) is 0 Å². The molecule has 2 aliphatic rings. The van der Waals surface area contributed by atoms with Gasteiger partial charge in [0.05, 0.1) is 24.4 Å². The van der Waals surface area contributed by atoms with Crippen LogP contribution >= 0.6 is 0 Å². The van der Waals surface area contributed by atoms with Crippen molar-refractivity contribution in [3.63, 3.8) is 0 Å². The first kappa shape index (κ1) is 21.0. The maximum Gasteiger partial charge on any atom is 0.334 e. The smallest absolute Gasteiger partial charge is 0.334 e. The van der Waals surface area contributed by atoms with E-state index in [1.165, 1.54) is 0 Å². The van der Waals surface area contributed by atoms with E-state index in [2.05, 4.69) is 13.8 Å². The monoisotopic (exact) mass is 364 g/mol. The van der Waals surface area contributed by atoms with Crippen LogP contribution in [0.1, 0.15) is 90.9 Å². The molecule has 2 rings (SSSR count). The minimum atomic E-state index is -0.264. The van der Waals surface area contributed by atoms with Crippen molar-refractivity contribution in [1.82, 2.24) is 0 Å². The van der Waals surface area contributed by atoms with Crippen molar-refractivity contribution in [3.8, 4) is 0 Å². The normalized spacial score (nSPS) is 19.5. The Morgan fingerprint density at radius 3 is 1.35 bits per heavy atom. The highest BCUT2D eigenvalue weighted by molar-refractivity contribution is 6.01. The SMILES string of the molecule is CCCCOC(=O)C(=C(C(=O)OCCCC)C1CCCC1)C1CCCC1. The van der Waals surface area contributed by atoms with E-state index in [-0.39, 0.29) is 23.8 Å². The largest absolute Gasteiger partial charge is 0.462 e. The summed E-state index contributed by atoms with van der Waals surface area (Å²) in [5.41, 5.74) is 1.32. The average molecular weight is 365 g/mol. The minimum Gasteiger partial charge on any atom is -0.462 e. The van der Waals surface area contributed by atoms with Crippen molar-refractivity contribution < 1.29 is 19.1 Å². The fourth-order valence-electron chi connectivity index (χ4n) is 4.20. The molecule has 2 saturated carbocycles. The number of carbonyl (C=O) groups is 2. The lowest BCUT2D eigenvalue weighted by Crippen LogP contribution is -2.25. The van der Waals surface area contributed by atoms with E-state index in [4.69, 9.17) is 9.47 Å². The maximum absolute atomic E-state index is 12.9. The first-order valence-electron chi connectivity index (χ1n) is 10.8. The van der Waals surface area contributed by atoms with Crippen molar-refractivity contribution in [1.29, 1.82) is 0 Å². The third kappa shape index (κ3) is 5.85. The van der Waals surface area contributed by atoms with Gasteiger partial charge in [-0.25, -0.2) is 9.59 Å². The number of hydrogen-bond donors (Lipinski definition) is 0. The van der Waals surface area contributed by atoms with E-state index in [9.17, 15) is 9.59 Å². The summed E-state index contributed by atoms with van der Waals surface area (Å²) >= 11 is 0. The molecule has 0 amide bonds. The summed E-state index contributed by atoms with van der Waals surface area (Å²) in [5.74, 6) is -0.198. The lowest BCUT2D eigenvalue weighted by atomic mass is 9.85. The number of hydrogen-bond acceptors (Lipinski definition) is 4. The molecule has 0 spiro atoms. The van der Waals surface area contributed by atoms with Gasteiger partial charge in [0, 0.05) is 0 Å². The summed E-state index contributed by atoms with van der Waals surface area (Å²) in [7, 11) is 0. The maximum atomic E-state index is 12.9. The summed E-state index contributed by atoms with van der Waals surface area (Å²) in [6, 6.07) is 0. The number of carbonyl (C=O) groups excluding carboxylic acids is 2. The predicted octanol–water partition coefficient (Wildman–Crippen LogP) is 5.35. The average Bonchev–Trinajstić information content (AvgIpc) is 3.33. The summed E-state index contributed by atoms with van der Waals surface area (Å²) in [6.45, 7) is 5.04. The van der Waals surface area contributed by atoms with Crippen LogP contribution in [0.3, 0.4) is 0 Å². The Labute approximate surface area is 158 Å². The lowest BCUT2D eigenvalue weighted by molar-refractivity contribution is -0.143. The Kier molecular flexibility index (Phi) is 9.21. The van der Waals surface area contributed by atoms with E-state index in [0.29, 0.717) is 24.4 Å². The Morgan fingerprint density at radius 2 is 1.04 bits per heavy atom. The van der Waals surface area contributed by atoms with Gasteiger partial charge in [-0.3, -0.25) is 0 Å². The summed E-state index contributed by atoms with van der Waals surface area (Å²) in [5, 5.41) is 0. The molecule has 0 radical (unpaired) electrons. The van der Waals surface area contributed by atoms with Gasteiger partial charge in [-0.1, -0.05) is 52.4 Å². The van der Waals surface area contributed by atoms with Crippen molar-refractivity contribution in [2.24, 2.45) is 11.8 Å². The molecule has 0 bridgehead atoms. The number of unbranched alkanes of at least 4 members (excludes halogenated alkanes) is 2. The van der Waals surface area contributed by atoms with Gasteiger partial charge >= 0.3 is 11.9 Å². The van der Waals surface area contributed by atoms with Gasteiger partial charge in [0.15, 0.2) is 0 Å². The van der Waals surface area contributed by atoms with Crippen LogP contribution in [-0.4, -0.2) is 25.2 Å². The number of rotatable bonds is 10. The molecular weight excluding hydrogens is 328 g/mol. The first-order chi connectivity index (χ1) is 12.7. The molecule has 0 N–H and O–H groups in total. The molecule has 0 aromatic heterocycles. The van der Waals surface area contributed by atoms with Crippen LogP contribution in [0.5, 0.6) is 0 Å². The molecule has 26 heavy (non-hydrogen) atoms. The predicted molar refractivity (Wildman–Crippen MR) is 103 cm³/mol. The quantitative estimate of drug-likeness (QED) is 0.298. The Morgan fingerprint density at radius 1 is 0.692 bits per heavy atom. The first-order valence-corrected chi connectivity index (χ1v) is 10.8. The van der Waals surface area contributed by atoms with Crippen LogP contribution < -0.4 is 0 Å². The second-order valence-electron chi connectivity index (χ2n) is 7.77. The van der Waals surface area contributed by atoms with Gasteiger partial charge in [0.2, 0.25) is 0 Å². The highest BCUT2D eigenvalue weighted by Gasteiger charge is 2.36. The van der Waals surface area contributed by atoms with Crippen molar-refractivity contribution in [2.75, 3.05) is 13.2 Å². The van der Waals surface area contributed by atoms with Crippen molar-refractivity contribution >= 4 is 11.9 Å². The fourth-order valence-corrected chi connectivity index (χ4v) is 4.20. The summed E-state index contributed by atoms with van der Waals surface area (Å²) in [6.07, 6.45) is 12.1. The third-order valence-electron chi connectivity index (χ3n) is 5.72. The molecule has 2 aliphatic carbocycles. The second-order valence-corrected chi connectivity index (χ2v) is 7.77. The standard InChI is InChI=1S/C22H36O4/c1-3-5-15-25-21(23)19(17-11-7-8-12-17)20(18-13-9-10-14-18)22(24)26-16-6-4-2/h17-18H,3-16H2,1-2H3. The third-order valence-corrected chi connectivity index (χ3v) is 5.72. The van der Waals surface area contributed by atoms with E-state index >= 15 is 0 Å². The molecule has 0 aromatic rings. The summed E-state index contributed by atoms with van der Waals surface area (Å²) in [4.78, 5) is 25.9. The molecular formula is C22H36O4. The van der Waals surface area contributed by atoms with E-state index in [1.807, 2.05) is 0 Å². The van der Waals surface area contributed by atoms with Crippen molar-refractivity contribution in [3.05, 3.63) is 11.1 Å². The van der Waals surface area contributed by atoms with Crippen LogP contribution in [0, 0.1) is 11.8 Å². The zero-order valence-electron chi connectivity index (χ0n) is 16.7. The zero-order valence-corrected chi connectivity index (χ0v) is 16.7. The molecule has 4 heteroatoms.